The average Bonchev–Trinajstić information content (AvgIpc) is 2.06. The van der Waals surface area contributed by atoms with Crippen molar-refractivity contribution in [3.8, 4) is 0 Å². The zero-order valence-electron chi connectivity index (χ0n) is 6.20. The number of nitrogens with one attached hydrogen (secondary N) is 2. The highest BCUT2D eigenvalue weighted by Gasteiger charge is 1.92. The summed E-state index contributed by atoms with van der Waals surface area (Å²) in [7, 11) is 1.63. The quantitative estimate of drug-likeness (QED) is 0.695. The maximum atomic E-state index is 10.9. The molecule has 1 atom stereocenters. The van der Waals surface area contributed by atoms with Crippen LogP contribution < -0.4 is 9.44 Å². The highest BCUT2D eigenvalue weighted by atomic mass is 32.2. The van der Waals surface area contributed by atoms with Gasteiger partial charge in [-0.15, -0.1) is 0 Å². The van der Waals surface area contributed by atoms with E-state index in [0.717, 1.165) is 5.69 Å². The molecular formula is C7H10N2OS. The lowest BCUT2D eigenvalue weighted by molar-refractivity contribution is 0.681. The summed E-state index contributed by atoms with van der Waals surface area (Å²) in [4.78, 5) is 0. The second kappa shape index (κ2) is 4.10. The molecule has 0 saturated heterocycles. The van der Waals surface area contributed by atoms with E-state index in [1.165, 1.54) is 0 Å². The van der Waals surface area contributed by atoms with Crippen LogP contribution in [0.15, 0.2) is 30.3 Å². The number of benzene rings is 1. The van der Waals surface area contributed by atoms with E-state index in [0.29, 0.717) is 0 Å². The summed E-state index contributed by atoms with van der Waals surface area (Å²) in [5, 5.41) is 0. The molecule has 0 bridgehead atoms. The van der Waals surface area contributed by atoms with Gasteiger partial charge in [-0.3, -0.25) is 4.72 Å². The minimum atomic E-state index is -1.18. The molecule has 1 rings (SSSR count). The number of hydrogen-bond acceptors (Lipinski definition) is 1. The molecular weight excluding hydrogens is 160 g/mol. The fraction of sp³-hybridized carbons (Fsp3) is 0.143. The van der Waals surface area contributed by atoms with Gasteiger partial charge in [0.2, 0.25) is 0 Å². The first-order chi connectivity index (χ1) is 5.33. The summed E-state index contributed by atoms with van der Waals surface area (Å²) < 4.78 is 16.2. The van der Waals surface area contributed by atoms with Gasteiger partial charge >= 0.3 is 0 Å². The molecule has 0 fully saturated rings. The van der Waals surface area contributed by atoms with Gasteiger partial charge in [-0.25, -0.2) is 8.93 Å². The summed E-state index contributed by atoms with van der Waals surface area (Å²) in [5.41, 5.74) is 0.847. The molecule has 0 heterocycles. The molecule has 3 nitrogen and oxygen atoms in total. The number of hydrogen-bond donors (Lipinski definition) is 2. The van der Waals surface area contributed by atoms with Crippen molar-refractivity contribution < 1.29 is 4.21 Å². The van der Waals surface area contributed by atoms with Gasteiger partial charge in [0.1, 0.15) is 0 Å². The van der Waals surface area contributed by atoms with Crippen LogP contribution in [-0.4, -0.2) is 11.3 Å². The number of anilines is 1. The molecule has 4 heteroatoms. The van der Waals surface area contributed by atoms with Gasteiger partial charge in [0.15, 0.2) is 11.2 Å². The van der Waals surface area contributed by atoms with Gasteiger partial charge in [-0.1, -0.05) is 18.2 Å². The SMILES string of the molecule is CNS(=O)Nc1ccccc1. The van der Waals surface area contributed by atoms with Crippen LogP contribution in [0.5, 0.6) is 0 Å². The maximum absolute atomic E-state index is 10.9. The molecule has 0 aliphatic heterocycles. The summed E-state index contributed by atoms with van der Waals surface area (Å²) in [6.45, 7) is 0. The van der Waals surface area contributed by atoms with E-state index in [1.54, 1.807) is 7.05 Å². The third-order valence-electron chi connectivity index (χ3n) is 1.17. The molecule has 60 valence electrons. The van der Waals surface area contributed by atoms with Crippen molar-refractivity contribution >= 4 is 16.9 Å². The Labute approximate surface area is 68.5 Å². The van der Waals surface area contributed by atoms with Gasteiger partial charge in [0.25, 0.3) is 0 Å². The Morgan fingerprint density at radius 2 is 1.91 bits per heavy atom. The van der Waals surface area contributed by atoms with Crippen LogP contribution in [0.2, 0.25) is 0 Å². The zero-order chi connectivity index (χ0) is 8.10. The Kier molecular flexibility index (Phi) is 3.07. The molecule has 1 aromatic carbocycles. The molecule has 0 saturated carbocycles. The molecule has 1 unspecified atom stereocenters. The van der Waals surface area contributed by atoms with E-state index < -0.39 is 11.2 Å². The molecule has 0 amide bonds. The van der Waals surface area contributed by atoms with Crippen LogP contribution >= 0.6 is 0 Å². The summed E-state index contributed by atoms with van der Waals surface area (Å²) in [6, 6.07) is 9.39. The van der Waals surface area contributed by atoms with Gasteiger partial charge in [0.05, 0.1) is 0 Å². The lowest BCUT2D eigenvalue weighted by atomic mass is 10.3. The van der Waals surface area contributed by atoms with Crippen molar-refractivity contribution in [3.63, 3.8) is 0 Å². The normalized spacial score (nSPS) is 12.5. The molecule has 0 aliphatic carbocycles. The highest BCUT2D eigenvalue weighted by molar-refractivity contribution is 7.84. The van der Waals surface area contributed by atoms with Crippen molar-refractivity contribution in [2.24, 2.45) is 0 Å². The largest absolute Gasteiger partial charge is 0.292 e. The van der Waals surface area contributed by atoms with Crippen LogP contribution in [0.4, 0.5) is 5.69 Å². The minimum absolute atomic E-state index is 0.847. The smallest absolute Gasteiger partial charge is 0.193 e. The summed E-state index contributed by atoms with van der Waals surface area (Å²) in [5.74, 6) is 0. The van der Waals surface area contributed by atoms with Crippen molar-refractivity contribution in [3.05, 3.63) is 30.3 Å². The van der Waals surface area contributed by atoms with Crippen LogP contribution in [-0.2, 0) is 11.2 Å². The molecule has 0 radical (unpaired) electrons. The van der Waals surface area contributed by atoms with Crippen molar-refractivity contribution in [1.29, 1.82) is 0 Å². The standard InChI is InChI=1S/C7H10N2OS/c1-8-11(10)9-7-5-3-2-4-6-7/h2-6,8-9H,1H3. The van der Waals surface area contributed by atoms with Crippen LogP contribution in [0, 0.1) is 0 Å². The Hall–Kier alpha value is -0.870. The molecule has 11 heavy (non-hydrogen) atoms. The third-order valence-corrected chi connectivity index (χ3v) is 1.96. The van der Waals surface area contributed by atoms with Crippen LogP contribution in [0.1, 0.15) is 0 Å². The lowest BCUT2D eigenvalue weighted by Crippen LogP contribution is -2.18. The number of para-hydroxylation sites is 1. The van der Waals surface area contributed by atoms with E-state index in [4.69, 9.17) is 0 Å². The fourth-order valence-corrected chi connectivity index (χ4v) is 1.12. The van der Waals surface area contributed by atoms with Crippen molar-refractivity contribution in [1.82, 2.24) is 4.72 Å². The van der Waals surface area contributed by atoms with Crippen LogP contribution in [0.3, 0.4) is 0 Å². The number of rotatable bonds is 3. The second-order valence-electron chi connectivity index (χ2n) is 1.94. The van der Waals surface area contributed by atoms with Gasteiger partial charge < -0.3 is 0 Å². The lowest BCUT2D eigenvalue weighted by Gasteiger charge is -2.02. The van der Waals surface area contributed by atoms with E-state index in [9.17, 15) is 4.21 Å². The first-order valence-corrected chi connectivity index (χ1v) is 4.39. The Morgan fingerprint density at radius 1 is 1.27 bits per heavy atom. The molecule has 0 aliphatic rings. The predicted molar refractivity (Wildman–Crippen MR) is 47.3 cm³/mol. The molecule has 0 spiro atoms. The van der Waals surface area contributed by atoms with Crippen molar-refractivity contribution in [2.75, 3.05) is 11.8 Å². The van der Waals surface area contributed by atoms with Crippen molar-refractivity contribution in [2.45, 2.75) is 0 Å². The monoisotopic (exact) mass is 170 g/mol. The van der Waals surface area contributed by atoms with E-state index >= 15 is 0 Å². The van der Waals surface area contributed by atoms with Gasteiger partial charge in [-0.05, 0) is 19.2 Å². The average molecular weight is 170 g/mol. The molecule has 2 N–H and O–H groups in total. The summed E-state index contributed by atoms with van der Waals surface area (Å²) >= 11 is -1.18. The van der Waals surface area contributed by atoms with E-state index in [1.807, 2.05) is 30.3 Å². The third kappa shape index (κ3) is 2.69. The Bertz CT molecular complexity index is 237. The predicted octanol–water partition coefficient (Wildman–Crippen LogP) is 0.897. The maximum Gasteiger partial charge on any atom is 0.193 e. The second-order valence-corrected chi connectivity index (χ2v) is 3.09. The van der Waals surface area contributed by atoms with Gasteiger partial charge in [0, 0.05) is 5.69 Å². The van der Waals surface area contributed by atoms with E-state index in [2.05, 4.69) is 9.44 Å². The minimum Gasteiger partial charge on any atom is -0.292 e. The zero-order valence-corrected chi connectivity index (χ0v) is 7.02. The van der Waals surface area contributed by atoms with Crippen LogP contribution in [0.25, 0.3) is 0 Å². The summed E-state index contributed by atoms with van der Waals surface area (Å²) in [6.07, 6.45) is 0. The van der Waals surface area contributed by atoms with Gasteiger partial charge in [-0.2, -0.15) is 0 Å². The fourth-order valence-electron chi connectivity index (χ4n) is 0.664. The van der Waals surface area contributed by atoms with E-state index in [-0.39, 0.29) is 0 Å². The molecule has 1 aromatic rings. The first-order valence-electron chi connectivity index (χ1n) is 3.24. The first kappa shape index (κ1) is 8.23. The highest BCUT2D eigenvalue weighted by Crippen LogP contribution is 2.04. The Balaban J connectivity index is 2.58. The molecule has 0 aromatic heterocycles. The Morgan fingerprint density at radius 3 is 2.45 bits per heavy atom. The topological polar surface area (TPSA) is 41.1 Å².